The summed E-state index contributed by atoms with van der Waals surface area (Å²) in [6.07, 6.45) is 4.90. The summed E-state index contributed by atoms with van der Waals surface area (Å²) in [4.78, 5) is 20.8. The minimum Gasteiger partial charge on any atom is -0.493 e. The number of thioether (sulfide) groups is 1. The van der Waals surface area contributed by atoms with Crippen LogP contribution in [-0.4, -0.2) is 54.1 Å². The lowest BCUT2D eigenvalue weighted by atomic mass is 10.0. The molecule has 1 unspecified atom stereocenters. The van der Waals surface area contributed by atoms with Crippen molar-refractivity contribution in [3.05, 3.63) is 52.8 Å². The molecule has 3 aromatic rings. The molecule has 1 saturated heterocycles. The maximum Gasteiger partial charge on any atom is 0.266 e. The highest BCUT2D eigenvalue weighted by atomic mass is 32.2. The van der Waals surface area contributed by atoms with Crippen molar-refractivity contribution in [1.82, 2.24) is 14.5 Å². The van der Waals surface area contributed by atoms with E-state index in [0.717, 1.165) is 23.4 Å². The molecule has 6 nitrogen and oxygen atoms in total. The Hall–Kier alpha value is -2.51. The molecule has 0 aliphatic carbocycles. The summed E-state index contributed by atoms with van der Waals surface area (Å²) < 4.78 is 12.5. The molecule has 0 saturated carbocycles. The second-order valence-electron chi connectivity index (χ2n) is 7.86. The Morgan fingerprint density at radius 3 is 2.68 bits per heavy atom. The molecule has 1 atom stereocenters. The first kappa shape index (κ1) is 21.7. The normalized spacial score (nSPS) is 17.1. The average Bonchev–Trinajstić information content (AvgIpc) is 2.80. The first-order valence-electron chi connectivity index (χ1n) is 10.7. The van der Waals surface area contributed by atoms with Crippen LogP contribution in [0.15, 0.2) is 52.4 Å². The number of methoxy groups -OCH3 is 2. The summed E-state index contributed by atoms with van der Waals surface area (Å²) in [5, 5.41) is 1.31. The van der Waals surface area contributed by atoms with Crippen LogP contribution in [0, 0.1) is 0 Å². The van der Waals surface area contributed by atoms with Gasteiger partial charge in [0.2, 0.25) is 0 Å². The molecule has 0 radical (unpaired) electrons. The zero-order valence-corrected chi connectivity index (χ0v) is 19.2. The van der Waals surface area contributed by atoms with Crippen molar-refractivity contribution < 1.29 is 9.47 Å². The van der Waals surface area contributed by atoms with Crippen molar-refractivity contribution in [2.45, 2.75) is 36.9 Å². The van der Waals surface area contributed by atoms with Crippen LogP contribution in [0.1, 0.15) is 25.7 Å². The van der Waals surface area contributed by atoms with Crippen LogP contribution in [-0.2, 0) is 0 Å². The summed E-state index contributed by atoms with van der Waals surface area (Å²) in [6.45, 7) is 1.17. The minimum atomic E-state index is -0.0740. The largest absolute Gasteiger partial charge is 0.493 e. The van der Waals surface area contributed by atoms with E-state index in [1.54, 1.807) is 30.5 Å². The lowest BCUT2D eigenvalue weighted by Gasteiger charge is -2.32. The van der Waals surface area contributed by atoms with Crippen molar-refractivity contribution in [3.8, 4) is 17.2 Å². The molecule has 1 fully saturated rings. The van der Waals surface area contributed by atoms with E-state index in [0.29, 0.717) is 28.1 Å². The monoisotopic (exact) mass is 439 g/mol. The van der Waals surface area contributed by atoms with E-state index in [2.05, 4.69) is 11.9 Å². The maximum absolute atomic E-state index is 13.5. The number of fused-ring (bicyclic) bond motifs is 1. The van der Waals surface area contributed by atoms with Gasteiger partial charge >= 0.3 is 0 Å². The Balaban J connectivity index is 1.71. The van der Waals surface area contributed by atoms with Crippen LogP contribution < -0.4 is 15.0 Å². The lowest BCUT2D eigenvalue weighted by Crippen LogP contribution is -2.36. The third-order valence-corrected chi connectivity index (χ3v) is 6.95. The summed E-state index contributed by atoms with van der Waals surface area (Å²) in [5.41, 5.74) is 1.37. The number of ether oxygens (including phenoxy) is 2. The van der Waals surface area contributed by atoms with Crippen LogP contribution >= 0.6 is 11.8 Å². The summed E-state index contributed by atoms with van der Waals surface area (Å²) in [6, 6.07) is 13.6. The third-order valence-electron chi connectivity index (χ3n) is 5.97. The van der Waals surface area contributed by atoms with Crippen molar-refractivity contribution in [3.63, 3.8) is 0 Å². The number of benzene rings is 2. The highest BCUT2D eigenvalue weighted by Crippen LogP contribution is 2.31. The van der Waals surface area contributed by atoms with Gasteiger partial charge in [-0.05, 0) is 57.1 Å². The number of aromatic nitrogens is 2. The van der Waals surface area contributed by atoms with Gasteiger partial charge in [0.25, 0.3) is 5.56 Å². The number of nitrogens with zero attached hydrogens (tertiary/aromatic N) is 3. The topological polar surface area (TPSA) is 56.6 Å². The fourth-order valence-electron chi connectivity index (χ4n) is 4.20. The van der Waals surface area contributed by atoms with Crippen molar-refractivity contribution in [2.24, 2.45) is 0 Å². The lowest BCUT2D eigenvalue weighted by molar-refractivity contribution is 0.182. The first-order chi connectivity index (χ1) is 15.1. The number of hydrogen-bond acceptors (Lipinski definition) is 6. The molecule has 1 aliphatic heterocycles. The second kappa shape index (κ2) is 9.75. The Morgan fingerprint density at radius 1 is 1.10 bits per heavy atom. The predicted octanol–water partition coefficient (Wildman–Crippen LogP) is 4.37. The average molecular weight is 440 g/mol. The molecule has 2 aromatic carbocycles. The van der Waals surface area contributed by atoms with Gasteiger partial charge in [0, 0.05) is 17.9 Å². The second-order valence-corrected chi connectivity index (χ2v) is 8.92. The van der Waals surface area contributed by atoms with Crippen LogP contribution in [0.4, 0.5) is 0 Å². The van der Waals surface area contributed by atoms with E-state index in [1.807, 2.05) is 42.5 Å². The molecule has 1 aliphatic rings. The molecule has 0 amide bonds. The third kappa shape index (κ3) is 4.57. The van der Waals surface area contributed by atoms with E-state index in [4.69, 9.17) is 14.5 Å². The van der Waals surface area contributed by atoms with Crippen LogP contribution in [0.2, 0.25) is 0 Å². The van der Waals surface area contributed by atoms with Crippen molar-refractivity contribution in [2.75, 3.05) is 33.6 Å². The molecule has 164 valence electrons. The maximum atomic E-state index is 13.5. The highest BCUT2D eigenvalue weighted by molar-refractivity contribution is 7.99. The van der Waals surface area contributed by atoms with E-state index in [1.165, 1.54) is 25.8 Å². The van der Waals surface area contributed by atoms with E-state index >= 15 is 0 Å². The van der Waals surface area contributed by atoms with Gasteiger partial charge in [-0.3, -0.25) is 9.36 Å². The Bertz CT molecular complexity index is 1110. The SMILES string of the molecule is COc1ccc(-n2c(SCCC3CCCCN3C)nc3ccccc3c2=O)cc1OC. The fraction of sp³-hybridized carbons (Fsp3) is 0.417. The van der Waals surface area contributed by atoms with Gasteiger partial charge in [0.1, 0.15) is 0 Å². The molecule has 0 N–H and O–H groups in total. The number of para-hydroxylation sites is 1. The van der Waals surface area contributed by atoms with Crippen LogP contribution in [0.25, 0.3) is 16.6 Å². The zero-order valence-electron chi connectivity index (χ0n) is 18.3. The number of piperidine rings is 1. The van der Waals surface area contributed by atoms with Crippen LogP contribution in [0.5, 0.6) is 11.5 Å². The van der Waals surface area contributed by atoms with Crippen LogP contribution in [0.3, 0.4) is 0 Å². The molecule has 0 spiro atoms. The van der Waals surface area contributed by atoms with E-state index in [9.17, 15) is 4.79 Å². The van der Waals surface area contributed by atoms with E-state index < -0.39 is 0 Å². The van der Waals surface area contributed by atoms with Gasteiger partial charge in [0.05, 0.1) is 30.8 Å². The molecule has 2 heterocycles. The number of likely N-dealkylation sites (tertiary alicyclic amines) is 1. The smallest absolute Gasteiger partial charge is 0.266 e. The zero-order chi connectivity index (χ0) is 21.8. The van der Waals surface area contributed by atoms with Gasteiger partial charge in [-0.25, -0.2) is 4.98 Å². The highest BCUT2D eigenvalue weighted by Gasteiger charge is 2.20. The van der Waals surface area contributed by atoms with Crippen molar-refractivity contribution in [1.29, 1.82) is 0 Å². The summed E-state index contributed by atoms with van der Waals surface area (Å²) in [7, 11) is 5.41. The molecular formula is C24H29N3O3S. The van der Waals surface area contributed by atoms with Gasteiger partial charge in [-0.1, -0.05) is 30.3 Å². The predicted molar refractivity (Wildman–Crippen MR) is 126 cm³/mol. The van der Waals surface area contributed by atoms with E-state index in [-0.39, 0.29) is 5.56 Å². The molecule has 4 rings (SSSR count). The molecule has 1 aromatic heterocycles. The Kier molecular flexibility index (Phi) is 6.83. The number of hydrogen-bond donors (Lipinski definition) is 0. The standard InChI is InChI=1S/C24H29N3O3S/c1-26-14-7-6-8-17(26)13-15-31-24-25-20-10-5-4-9-19(20)23(28)27(24)18-11-12-21(29-2)22(16-18)30-3/h4-5,9-12,16-17H,6-8,13-15H2,1-3H3. The van der Waals surface area contributed by atoms with Gasteiger partial charge in [-0.2, -0.15) is 0 Å². The molecular weight excluding hydrogens is 410 g/mol. The minimum absolute atomic E-state index is 0.0740. The molecule has 31 heavy (non-hydrogen) atoms. The quantitative estimate of drug-likeness (QED) is 0.403. The molecule has 7 heteroatoms. The van der Waals surface area contributed by atoms with Crippen molar-refractivity contribution >= 4 is 22.7 Å². The number of rotatable bonds is 7. The Labute approximate surface area is 187 Å². The first-order valence-corrected chi connectivity index (χ1v) is 11.7. The van der Waals surface area contributed by atoms with Gasteiger partial charge < -0.3 is 14.4 Å². The van der Waals surface area contributed by atoms with Gasteiger partial charge in [0.15, 0.2) is 16.7 Å². The Morgan fingerprint density at radius 2 is 1.90 bits per heavy atom. The summed E-state index contributed by atoms with van der Waals surface area (Å²) >= 11 is 1.64. The fourth-order valence-corrected chi connectivity index (χ4v) is 5.25. The molecule has 0 bridgehead atoms. The summed E-state index contributed by atoms with van der Waals surface area (Å²) in [5.74, 6) is 2.12. The van der Waals surface area contributed by atoms with Gasteiger partial charge in [-0.15, -0.1) is 0 Å².